The van der Waals surface area contributed by atoms with Gasteiger partial charge in [0.2, 0.25) is 5.78 Å². The summed E-state index contributed by atoms with van der Waals surface area (Å²) in [7, 11) is 0. The van der Waals surface area contributed by atoms with Crippen LogP contribution >= 0.6 is 22.9 Å². The lowest BCUT2D eigenvalue weighted by atomic mass is 10.1. The fourth-order valence-electron chi connectivity index (χ4n) is 3.89. The van der Waals surface area contributed by atoms with E-state index in [1.54, 1.807) is 11.3 Å². The minimum atomic E-state index is -0.0694. The van der Waals surface area contributed by atoms with Crippen molar-refractivity contribution in [3.05, 3.63) is 93.4 Å². The van der Waals surface area contributed by atoms with E-state index in [2.05, 4.69) is 47.8 Å². The van der Waals surface area contributed by atoms with Gasteiger partial charge < -0.3 is 15.2 Å². The Morgan fingerprint density at radius 1 is 1.29 bits per heavy atom. The zero-order valence-corrected chi connectivity index (χ0v) is 19.5. The molecule has 6 heteroatoms. The van der Waals surface area contributed by atoms with Crippen LogP contribution in [0, 0.1) is 13.8 Å². The van der Waals surface area contributed by atoms with E-state index in [-0.39, 0.29) is 11.8 Å². The molecular formula is C25H26ClN3OS. The molecule has 4 rings (SSSR count). The minimum Gasteiger partial charge on any atom is -0.385 e. The number of dihydropyridines is 1. The van der Waals surface area contributed by atoms with Gasteiger partial charge in [-0.2, -0.15) is 0 Å². The molecule has 0 spiro atoms. The Morgan fingerprint density at radius 2 is 2.03 bits per heavy atom. The van der Waals surface area contributed by atoms with Crippen molar-refractivity contribution in [1.29, 1.82) is 0 Å². The lowest BCUT2D eigenvalue weighted by molar-refractivity contribution is 0.103. The number of aryl methyl sites for hydroxylation is 1. The predicted octanol–water partition coefficient (Wildman–Crippen LogP) is 6.09. The Morgan fingerprint density at radius 3 is 2.74 bits per heavy atom. The summed E-state index contributed by atoms with van der Waals surface area (Å²) in [6, 6.07) is 10.2. The average molecular weight is 452 g/mol. The molecule has 0 bridgehead atoms. The number of allylic oxidation sites excluding steroid dienone is 2. The van der Waals surface area contributed by atoms with E-state index >= 15 is 0 Å². The summed E-state index contributed by atoms with van der Waals surface area (Å²) < 4.78 is 3.22. The van der Waals surface area contributed by atoms with E-state index < -0.39 is 0 Å². The third-order valence-corrected chi connectivity index (χ3v) is 6.87. The maximum atomic E-state index is 13.5. The predicted molar refractivity (Wildman–Crippen MR) is 131 cm³/mol. The average Bonchev–Trinajstić information content (AvgIpc) is 3.24. The number of rotatable bonds is 7. The Labute approximate surface area is 191 Å². The number of carbonyl (C=O) groups is 1. The van der Waals surface area contributed by atoms with Gasteiger partial charge in [0.1, 0.15) is 0 Å². The fourth-order valence-corrected chi connectivity index (χ4v) is 5.12. The molecule has 4 nitrogen and oxygen atoms in total. The summed E-state index contributed by atoms with van der Waals surface area (Å²) >= 11 is 7.70. The molecule has 0 fully saturated rings. The zero-order valence-electron chi connectivity index (χ0n) is 18.0. The van der Waals surface area contributed by atoms with Crippen molar-refractivity contribution in [3.63, 3.8) is 0 Å². The molecule has 31 heavy (non-hydrogen) atoms. The highest BCUT2D eigenvalue weighted by atomic mass is 35.5. The number of halogens is 1. The molecule has 160 valence electrons. The molecule has 0 saturated heterocycles. The number of nitrogens with zero attached hydrogens (tertiary/aromatic N) is 1. The van der Waals surface area contributed by atoms with Gasteiger partial charge in [-0.05, 0) is 62.4 Å². The summed E-state index contributed by atoms with van der Waals surface area (Å²) in [5.41, 5.74) is 5.17. The van der Waals surface area contributed by atoms with Gasteiger partial charge >= 0.3 is 0 Å². The first kappa shape index (κ1) is 21.5. The van der Waals surface area contributed by atoms with Crippen molar-refractivity contribution >= 4 is 38.9 Å². The molecule has 1 unspecified atom stereocenters. The maximum absolute atomic E-state index is 13.5. The van der Waals surface area contributed by atoms with Gasteiger partial charge in [0.25, 0.3) is 0 Å². The van der Waals surface area contributed by atoms with Crippen LogP contribution in [0.25, 0.3) is 10.2 Å². The molecule has 1 aliphatic heterocycles. The van der Waals surface area contributed by atoms with Crippen LogP contribution in [0.3, 0.4) is 0 Å². The van der Waals surface area contributed by atoms with Crippen LogP contribution in [0.5, 0.6) is 0 Å². The largest absolute Gasteiger partial charge is 0.385 e. The van der Waals surface area contributed by atoms with Gasteiger partial charge in [-0.15, -0.1) is 11.3 Å². The van der Waals surface area contributed by atoms with E-state index in [4.69, 9.17) is 11.6 Å². The Balaban J connectivity index is 1.67. The zero-order chi connectivity index (χ0) is 22.1. The molecule has 3 aromatic rings. The molecule has 0 amide bonds. The minimum absolute atomic E-state index is 0.0694. The highest BCUT2D eigenvalue weighted by Gasteiger charge is 2.24. The number of nitrogens with one attached hydrogen (secondary N) is 2. The van der Waals surface area contributed by atoms with Gasteiger partial charge in [-0.3, -0.25) is 4.79 Å². The van der Waals surface area contributed by atoms with Crippen molar-refractivity contribution in [2.75, 3.05) is 0 Å². The van der Waals surface area contributed by atoms with Crippen LogP contribution in [-0.2, 0) is 6.54 Å². The second-order valence-electron chi connectivity index (χ2n) is 7.81. The summed E-state index contributed by atoms with van der Waals surface area (Å²) in [5.74, 6) is -0.0694. The van der Waals surface area contributed by atoms with Gasteiger partial charge in [0, 0.05) is 33.9 Å². The number of carbonyl (C=O) groups excluding carboxylic acids is 1. The number of aromatic nitrogens is 1. The molecule has 1 atom stereocenters. The van der Waals surface area contributed by atoms with Gasteiger partial charge in [0.05, 0.1) is 21.5 Å². The molecular weight excluding hydrogens is 426 g/mol. The van der Waals surface area contributed by atoms with E-state index in [0.717, 1.165) is 39.2 Å². The van der Waals surface area contributed by atoms with Crippen molar-refractivity contribution in [3.8, 4) is 0 Å². The Bertz CT molecular complexity index is 1210. The lowest BCUT2D eigenvalue weighted by Gasteiger charge is -2.19. The summed E-state index contributed by atoms with van der Waals surface area (Å²) in [6.07, 6.45) is 6.89. The third-order valence-electron chi connectivity index (χ3n) is 5.56. The Kier molecular flexibility index (Phi) is 6.08. The van der Waals surface area contributed by atoms with Crippen LogP contribution in [0.15, 0.2) is 66.7 Å². The first-order chi connectivity index (χ1) is 14.9. The molecule has 0 aliphatic carbocycles. The number of hydrogen-bond donors (Lipinski definition) is 2. The van der Waals surface area contributed by atoms with E-state index in [9.17, 15) is 4.79 Å². The standard InChI is InChI=1S/C25H26ClN3OS/c1-5-20-13-21(10-11-27-20)28-16(3)24(30)23-17(4)29(22-12-15(2)31-25(22)23)14-18-6-8-19(26)9-7-18/h6-13,20,27-28H,3,5,14H2,1-2,4H3. The van der Waals surface area contributed by atoms with Crippen molar-refractivity contribution in [2.45, 2.75) is 39.8 Å². The van der Waals surface area contributed by atoms with Crippen molar-refractivity contribution in [1.82, 2.24) is 15.2 Å². The monoisotopic (exact) mass is 451 g/mol. The second-order valence-corrected chi connectivity index (χ2v) is 9.51. The van der Waals surface area contributed by atoms with Gasteiger partial charge in [0.15, 0.2) is 0 Å². The van der Waals surface area contributed by atoms with E-state index in [1.165, 1.54) is 4.88 Å². The summed E-state index contributed by atoms with van der Waals surface area (Å²) in [5, 5.41) is 7.21. The highest BCUT2D eigenvalue weighted by molar-refractivity contribution is 7.19. The number of benzene rings is 1. The van der Waals surface area contributed by atoms with Crippen LogP contribution in [-0.4, -0.2) is 16.4 Å². The fraction of sp³-hybridized carbons (Fsp3) is 0.240. The van der Waals surface area contributed by atoms with Crippen LogP contribution in [0.4, 0.5) is 0 Å². The lowest BCUT2D eigenvalue weighted by Crippen LogP contribution is -2.28. The van der Waals surface area contributed by atoms with Crippen LogP contribution in [0.2, 0.25) is 5.02 Å². The highest BCUT2D eigenvalue weighted by Crippen LogP contribution is 2.35. The molecule has 0 saturated carbocycles. The molecule has 1 aliphatic rings. The molecule has 2 aromatic heterocycles. The molecule has 2 N–H and O–H groups in total. The molecule has 1 aromatic carbocycles. The number of hydrogen-bond acceptors (Lipinski definition) is 4. The number of ketones is 1. The quantitative estimate of drug-likeness (QED) is 0.337. The van der Waals surface area contributed by atoms with Gasteiger partial charge in [-0.25, -0.2) is 0 Å². The normalized spacial score (nSPS) is 15.6. The number of thiophene rings is 1. The topological polar surface area (TPSA) is 46.1 Å². The number of fused-ring (bicyclic) bond motifs is 1. The maximum Gasteiger partial charge on any atom is 0.211 e. The first-order valence-corrected chi connectivity index (χ1v) is 11.6. The first-order valence-electron chi connectivity index (χ1n) is 10.4. The molecule has 3 heterocycles. The van der Waals surface area contributed by atoms with E-state index in [0.29, 0.717) is 17.3 Å². The summed E-state index contributed by atoms with van der Waals surface area (Å²) in [4.78, 5) is 14.6. The van der Waals surface area contributed by atoms with E-state index in [1.807, 2.05) is 43.5 Å². The SMILES string of the molecule is C=C(NC1=CC(CC)NC=C1)C(=O)c1c(C)n(Cc2ccc(Cl)cc2)c2cc(C)sc12. The van der Waals surface area contributed by atoms with Crippen molar-refractivity contribution in [2.24, 2.45) is 0 Å². The molecule has 0 radical (unpaired) electrons. The van der Waals surface area contributed by atoms with Crippen molar-refractivity contribution < 1.29 is 4.79 Å². The third kappa shape index (κ3) is 4.34. The Hall–Kier alpha value is -2.76. The van der Waals surface area contributed by atoms with Crippen LogP contribution < -0.4 is 10.6 Å². The van der Waals surface area contributed by atoms with Crippen LogP contribution in [0.1, 0.15) is 39.8 Å². The van der Waals surface area contributed by atoms with Gasteiger partial charge in [-0.1, -0.05) is 37.2 Å². The summed E-state index contributed by atoms with van der Waals surface area (Å²) in [6.45, 7) is 10.9. The number of Topliss-reactive ketones (excluding diaryl/α,β-unsaturated/α-hetero) is 1. The second kappa shape index (κ2) is 8.77. The smallest absolute Gasteiger partial charge is 0.211 e.